The molecule has 14 heavy (non-hydrogen) atoms. The molecule has 1 rings (SSSR count). The molecular weight excluding hydrogens is 176 g/mol. The monoisotopic (exact) mass is 200 g/mol. The molecular formula is C11H24N2O. The first-order chi connectivity index (χ1) is 6.47. The van der Waals surface area contributed by atoms with Crippen molar-refractivity contribution in [2.45, 2.75) is 44.8 Å². The zero-order valence-corrected chi connectivity index (χ0v) is 9.71. The Morgan fingerprint density at radius 1 is 1.50 bits per heavy atom. The van der Waals surface area contributed by atoms with Crippen molar-refractivity contribution in [2.75, 3.05) is 26.7 Å². The molecule has 1 fully saturated rings. The Bertz CT molecular complexity index is 159. The van der Waals surface area contributed by atoms with Crippen LogP contribution in [0.25, 0.3) is 0 Å². The lowest BCUT2D eigenvalue weighted by molar-refractivity contribution is 0.0599. The summed E-state index contributed by atoms with van der Waals surface area (Å²) in [5.41, 5.74) is -0.530. The minimum absolute atomic E-state index is 0.530. The summed E-state index contributed by atoms with van der Waals surface area (Å²) in [4.78, 5) is 2.31. The van der Waals surface area contributed by atoms with Gasteiger partial charge in [0.1, 0.15) is 0 Å². The van der Waals surface area contributed by atoms with E-state index in [0.717, 1.165) is 19.5 Å². The number of nitrogens with one attached hydrogen (secondary N) is 1. The van der Waals surface area contributed by atoms with Gasteiger partial charge in [-0.1, -0.05) is 0 Å². The first-order valence-electron chi connectivity index (χ1n) is 5.62. The second-order valence-corrected chi connectivity index (χ2v) is 5.12. The summed E-state index contributed by atoms with van der Waals surface area (Å²) in [7, 11) is 2.13. The molecule has 1 atom stereocenters. The molecule has 1 saturated heterocycles. The van der Waals surface area contributed by atoms with Crippen molar-refractivity contribution < 1.29 is 5.11 Å². The standard InChI is InChI=1S/C11H24N2O/c1-11(2,14)6-8-13(3)9-10-5-4-7-12-10/h10,12,14H,4-9H2,1-3H3. The van der Waals surface area contributed by atoms with Crippen LogP contribution in [-0.4, -0.2) is 48.3 Å². The van der Waals surface area contributed by atoms with Crippen LogP contribution < -0.4 is 5.32 Å². The summed E-state index contributed by atoms with van der Waals surface area (Å²) in [6, 6.07) is 0.668. The first-order valence-corrected chi connectivity index (χ1v) is 5.62. The zero-order chi connectivity index (χ0) is 10.6. The van der Waals surface area contributed by atoms with Gasteiger partial charge >= 0.3 is 0 Å². The van der Waals surface area contributed by atoms with Crippen LogP contribution in [0.15, 0.2) is 0 Å². The van der Waals surface area contributed by atoms with E-state index in [1.807, 2.05) is 13.8 Å². The number of hydrogen-bond acceptors (Lipinski definition) is 3. The maximum absolute atomic E-state index is 9.59. The van der Waals surface area contributed by atoms with Gasteiger partial charge in [-0.15, -0.1) is 0 Å². The smallest absolute Gasteiger partial charge is 0.0603 e. The van der Waals surface area contributed by atoms with Crippen molar-refractivity contribution in [3.05, 3.63) is 0 Å². The van der Waals surface area contributed by atoms with E-state index in [1.54, 1.807) is 0 Å². The lowest BCUT2D eigenvalue weighted by Gasteiger charge is -2.24. The van der Waals surface area contributed by atoms with Gasteiger partial charge in [0, 0.05) is 19.1 Å². The molecule has 0 radical (unpaired) electrons. The highest BCUT2D eigenvalue weighted by Crippen LogP contribution is 2.10. The molecule has 3 heteroatoms. The number of hydrogen-bond donors (Lipinski definition) is 2. The van der Waals surface area contributed by atoms with E-state index in [9.17, 15) is 5.11 Å². The van der Waals surface area contributed by atoms with E-state index in [0.29, 0.717) is 6.04 Å². The number of nitrogens with zero attached hydrogens (tertiary/aromatic N) is 1. The predicted molar refractivity (Wildman–Crippen MR) is 59.4 cm³/mol. The maximum atomic E-state index is 9.59. The van der Waals surface area contributed by atoms with Crippen LogP contribution in [0, 0.1) is 0 Å². The number of rotatable bonds is 5. The fourth-order valence-corrected chi connectivity index (χ4v) is 1.84. The maximum Gasteiger partial charge on any atom is 0.0603 e. The van der Waals surface area contributed by atoms with E-state index in [1.165, 1.54) is 19.4 Å². The minimum atomic E-state index is -0.530. The Kier molecular flexibility index (Phi) is 4.35. The Balaban J connectivity index is 2.12. The molecule has 0 spiro atoms. The first kappa shape index (κ1) is 12.0. The Labute approximate surface area is 87.5 Å². The number of likely N-dealkylation sites (N-methyl/N-ethyl adjacent to an activating group) is 1. The molecule has 3 nitrogen and oxygen atoms in total. The zero-order valence-electron chi connectivity index (χ0n) is 9.71. The van der Waals surface area contributed by atoms with Gasteiger partial charge in [-0.2, -0.15) is 0 Å². The van der Waals surface area contributed by atoms with Crippen LogP contribution in [0.4, 0.5) is 0 Å². The van der Waals surface area contributed by atoms with Gasteiger partial charge in [-0.25, -0.2) is 0 Å². The molecule has 84 valence electrons. The molecule has 0 aliphatic carbocycles. The van der Waals surface area contributed by atoms with Crippen molar-refractivity contribution in [2.24, 2.45) is 0 Å². The van der Waals surface area contributed by atoms with Crippen LogP contribution in [0.2, 0.25) is 0 Å². The van der Waals surface area contributed by atoms with Crippen LogP contribution >= 0.6 is 0 Å². The molecule has 1 unspecified atom stereocenters. The molecule has 2 N–H and O–H groups in total. The average Bonchev–Trinajstić information content (AvgIpc) is 2.52. The fraction of sp³-hybridized carbons (Fsp3) is 1.00. The van der Waals surface area contributed by atoms with Gasteiger partial charge in [-0.05, 0) is 46.7 Å². The van der Waals surface area contributed by atoms with Crippen LogP contribution in [0.5, 0.6) is 0 Å². The van der Waals surface area contributed by atoms with Gasteiger partial charge in [0.25, 0.3) is 0 Å². The summed E-state index contributed by atoms with van der Waals surface area (Å²) in [6.45, 7) is 6.99. The molecule has 0 aromatic rings. The largest absolute Gasteiger partial charge is 0.390 e. The third kappa shape index (κ3) is 4.94. The van der Waals surface area contributed by atoms with Crippen molar-refractivity contribution >= 4 is 0 Å². The molecule has 1 heterocycles. The van der Waals surface area contributed by atoms with Crippen LogP contribution in [0.3, 0.4) is 0 Å². The van der Waals surface area contributed by atoms with Gasteiger partial charge in [-0.3, -0.25) is 0 Å². The van der Waals surface area contributed by atoms with Crippen molar-refractivity contribution in [3.8, 4) is 0 Å². The summed E-state index contributed by atoms with van der Waals surface area (Å²) >= 11 is 0. The van der Waals surface area contributed by atoms with Gasteiger partial charge in [0.2, 0.25) is 0 Å². The summed E-state index contributed by atoms with van der Waals surface area (Å²) in [5.74, 6) is 0. The van der Waals surface area contributed by atoms with E-state index in [2.05, 4.69) is 17.3 Å². The second kappa shape index (κ2) is 5.10. The summed E-state index contributed by atoms with van der Waals surface area (Å²) in [5, 5.41) is 13.1. The number of aliphatic hydroxyl groups is 1. The summed E-state index contributed by atoms with van der Waals surface area (Å²) in [6.07, 6.45) is 3.45. The molecule has 1 aliphatic rings. The van der Waals surface area contributed by atoms with E-state index in [4.69, 9.17) is 0 Å². The Hall–Kier alpha value is -0.120. The fourth-order valence-electron chi connectivity index (χ4n) is 1.84. The van der Waals surface area contributed by atoms with Gasteiger partial charge in [0.15, 0.2) is 0 Å². The molecule has 1 aliphatic heterocycles. The summed E-state index contributed by atoms with van der Waals surface area (Å²) < 4.78 is 0. The quantitative estimate of drug-likeness (QED) is 0.690. The third-order valence-electron chi connectivity index (χ3n) is 2.80. The lowest BCUT2D eigenvalue weighted by atomic mass is 10.1. The van der Waals surface area contributed by atoms with Gasteiger partial charge in [0.05, 0.1) is 5.60 Å². The lowest BCUT2D eigenvalue weighted by Crippen LogP contribution is -2.37. The second-order valence-electron chi connectivity index (χ2n) is 5.12. The van der Waals surface area contributed by atoms with Crippen LogP contribution in [0.1, 0.15) is 33.1 Å². The molecule has 0 amide bonds. The van der Waals surface area contributed by atoms with E-state index in [-0.39, 0.29) is 0 Å². The molecule has 0 bridgehead atoms. The molecule has 0 saturated carbocycles. The van der Waals surface area contributed by atoms with Gasteiger partial charge < -0.3 is 15.3 Å². The third-order valence-corrected chi connectivity index (χ3v) is 2.80. The highest BCUT2D eigenvalue weighted by molar-refractivity contribution is 4.77. The highest BCUT2D eigenvalue weighted by Gasteiger charge is 2.18. The average molecular weight is 200 g/mol. The minimum Gasteiger partial charge on any atom is -0.390 e. The SMILES string of the molecule is CN(CCC(C)(C)O)CC1CCCN1. The van der Waals surface area contributed by atoms with Crippen molar-refractivity contribution in [1.29, 1.82) is 0 Å². The molecule has 0 aromatic heterocycles. The van der Waals surface area contributed by atoms with Crippen molar-refractivity contribution in [1.82, 2.24) is 10.2 Å². The predicted octanol–water partition coefficient (Wildman–Crippen LogP) is 0.831. The topological polar surface area (TPSA) is 35.5 Å². The van der Waals surface area contributed by atoms with E-state index >= 15 is 0 Å². The Morgan fingerprint density at radius 3 is 2.71 bits per heavy atom. The highest BCUT2D eigenvalue weighted by atomic mass is 16.3. The van der Waals surface area contributed by atoms with E-state index < -0.39 is 5.60 Å². The molecule has 0 aromatic carbocycles. The van der Waals surface area contributed by atoms with Crippen LogP contribution in [-0.2, 0) is 0 Å². The normalized spacial score (nSPS) is 23.4. The van der Waals surface area contributed by atoms with Crippen molar-refractivity contribution in [3.63, 3.8) is 0 Å². The Morgan fingerprint density at radius 2 is 2.21 bits per heavy atom.